The highest BCUT2D eigenvalue weighted by molar-refractivity contribution is 7.92. The molecule has 0 aromatic heterocycles. The molecule has 1 atom stereocenters. The zero-order valence-corrected chi connectivity index (χ0v) is 23.8. The summed E-state index contributed by atoms with van der Waals surface area (Å²) in [6.45, 7) is 6.83. The number of nitro groups is 1. The molecule has 10 nitrogen and oxygen atoms in total. The molecule has 0 saturated carbocycles. The fraction of sp³-hybridized carbons (Fsp3) is 0.310. The van der Waals surface area contributed by atoms with Crippen molar-refractivity contribution >= 4 is 33.2 Å². The third-order valence-corrected chi connectivity index (χ3v) is 8.04. The molecular formula is C29H34N4O6S. The van der Waals surface area contributed by atoms with Crippen LogP contribution >= 0.6 is 0 Å². The minimum atomic E-state index is -4.25. The third kappa shape index (κ3) is 7.44. The highest BCUT2D eigenvalue weighted by atomic mass is 32.2. The molecule has 0 heterocycles. The Morgan fingerprint density at radius 2 is 1.55 bits per heavy atom. The van der Waals surface area contributed by atoms with Gasteiger partial charge in [0.05, 0.1) is 15.5 Å². The lowest BCUT2D eigenvalue weighted by molar-refractivity contribution is -0.384. The van der Waals surface area contributed by atoms with Crippen LogP contribution in [0.25, 0.3) is 0 Å². The predicted octanol–water partition coefficient (Wildman–Crippen LogP) is 4.43. The van der Waals surface area contributed by atoms with Gasteiger partial charge >= 0.3 is 0 Å². The molecule has 1 N–H and O–H groups in total. The number of non-ortho nitro benzene ring substituents is 1. The number of sulfonamides is 1. The van der Waals surface area contributed by atoms with E-state index in [1.54, 1.807) is 25.1 Å². The Morgan fingerprint density at radius 3 is 2.08 bits per heavy atom. The van der Waals surface area contributed by atoms with E-state index in [4.69, 9.17) is 0 Å². The fourth-order valence-electron chi connectivity index (χ4n) is 4.18. The monoisotopic (exact) mass is 566 g/mol. The van der Waals surface area contributed by atoms with Crippen molar-refractivity contribution in [2.24, 2.45) is 0 Å². The Hall–Kier alpha value is -4.25. The van der Waals surface area contributed by atoms with Crippen molar-refractivity contribution in [3.8, 4) is 0 Å². The Morgan fingerprint density at radius 1 is 0.950 bits per heavy atom. The van der Waals surface area contributed by atoms with Gasteiger partial charge in [0.15, 0.2) is 0 Å². The summed E-state index contributed by atoms with van der Waals surface area (Å²) in [5.41, 5.74) is 1.68. The molecule has 0 aliphatic rings. The first-order valence-electron chi connectivity index (χ1n) is 12.9. The van der Waals surface area contributed by atoms with Crippen molar-refractivity contribution in [2.75, 3.05) is 10.8 Å². The number of hydrogen-bond acceptors (Lipinski definition) is 6. The number of nitro benzene ring substituents is 1. The van der Waals surface area contributed by atoms with Gasteiger partial charge in [-0.3, -0.25) is 24.0 Å². The van der Waals surface area contributed by atoms with Gasteiger partial charge in [-0.1, -0.05) is 55.0 Å². The fourth-order valence-corrected chi connectivity index (χ4v) is 5.61. The van der Waals surface area contributed by atoms with Crippen molar-refractivity contribution in [3.05, 3.63) is 100 Å². The van der Waals surface area contributed by atoms with E-state index in [-0.39, 0.29) is 34.8 Å². The molecule has 2 amide bonds. The normalized spacial score (nSPS) is 12.0. The molecule has 0 aliphatic heterocycles. The smallest absolute Gasteiger partial charge is 0.269 e. The van der Waals surface area contributed by atoms with E-state index >= 15 is 0 Å². The summed E-state index contributed by atoms with van der Waals surface area (Å²) >= 11 is 0. The first-order valence-corrected chi connectivity index (χ1v) is 14.4. The summed E-state index contributed by atoms with van der Waals surface area (Å²) in [7, 11) is -4.25. The molecule has 0 bridgehead atoms. The Bertz CT molecular complexity index is 1430. The van der Waals surface area contributed by atoms with Crippen LogP contribution in [0.4, 0.5) is 11.4 Å². The lowest BCUT2D eigenvalue weighted by Crippen LogP contribution is -2.53. The van der Waals surface area contributed by atoms with Gasteiger partial charge in [0.25, 0.3) is 15.7 Å². The van der Waals surface area contributed by atoms with E-state index in [1.165, 1.54) is 41.3 Å². The topological polar surface area (TPSA) is 130 Å². The van der Waals surface area contributed by atoms with Crippen LogP contribution in [0.15, 0.2) is 83.8 Å². The van der Waals surface area contributed by atoms with Crippen LogP contribution in [-0.4, -0.2) is 48.7 Å². The molecule has 40 heavy (non-hydrogen) atoms. The number of nitrogens with zero attached hydrogens (tertiary/aromatic N) is 3. The van der Waals surface area contributed by atoms with Crippen LogP contribution in [-0.2, 0) is 26.2 Å². The van der Waals surface area contributed by atoms with Gasteiger partial charge in [0, 0.05) is 24.7 Å². The van der Waals surface area contributed by atoms with Crippen LogP contribution < -0.4 is 9.62 Å². The maximum absolute atomic E-state index is 14.0. The summed E-state index contributed by atoms with van der Waals surface area (Å²) in [4.78, 5) is 39.1. The number of carbonyl (C=O) groups is 2. The van der Waals surface area contributed by atoms with Crippen LogP contribution in [0.3, 0.4) is 0 Å². The average Bonchev–Trinajstić information content (AvgIpc) is 2.92. The molecule has 11 heteroatoms. The number of rotatable bonds is 12. The minimum Gasteiger partial charge on any atom is -0.352 e. The summed E-state index contributed by atoms with van der Waals surface area (Å²) < 4.78 is 28.5. The van der Waals surface area contributed by atoms with Gasteiger partial charge in [-0.2, -0.15) is 0 Å². The Kier molecular flexibility index (Phi) is 10.0. The van der Waals surface area contributed by atoms with Crippen molar-refractivity contribution in [3.63, 3.8) is 0 Å². The second-order valence-corrected chi connectivity index (χ2v) is 11.6. The summed E-state index contributed by atoms with van der Waals surface area (Å²) in [6, 6.07) is 19.1. The maximum Gasteiger partial charge on any atom is 0.269 e. The summed E-state index contributed by atoms with van der Waals surface area (Å²) in [5.74, 6) is -0.935. The van der Waals surface area contributed by atoms with Crippen LogP contribution in [0.2, 0.25) is 0 Å². The molecule has 0 saturated heterocycles. The van der Waals surface area contributed by atoms with Gasteiger partial charge < -0.3 is 10.2 Å². The Balaban J connectivity index is 2.06. The summed E-state index contributed by atoms with van der Waals surface area (Å²) in [6.07, 6.45) is 0.305. The van der Waals surface area contributed by atoms with Crippen LogP contribution in [0.5, 0.6) is 0 Å². The number of hydrogen-bond donors (Lipinski definition) is 1. The highest BCUT2D eigenvalue weighted by Crippen LogP contribution is 2.26. The minimum absolute atomic E-state index is 0.0455. The molecule has 212 valence electrons. The van der Waals surface area contributed by atoms with Crippen molar-refractivity contribution < 1.29 is 22.9 Å². The molecular weight excluding hydrogens is 532 g/mol. The van der Waals surface area contributed by atoms with Gasteiger partial charge in [0.1, 0.15) is 12.6 Å². The second-order valence-electron chi connectivity index (χ2n) is 9.69. The number of anilines is 1. The third-order valence-electron chi connectivity index (χ3n) is 6.25. The second kappa shape index (κ2) is 13.2. The number of carbonyl (C=O) groups excluding carboxylic acids is 2. The summed E-state index contributed by atoms with van der Waals surface area (Å²) in [5, 5.41) is 14.0. The molecule has 0 aliphatic carbocycles. The molecule has 0 radical (unpaired) electrons. The van der Waals surface area contributed by atoms with E-state index in [0.717, 1.165) is 15.4 Å². The van der Waals surface area contributed by atoms with Crippen LogP contribution in [0, 0.1) is 17.0 Å². The quantitative estimate of drug-likeness (QED) is 0.255. The van der Waals surface area contributed by atoms with Crippen LogP contribution in [0.1, 0.15) is 38.3 Å². The first kappa shape index (κ1) is 30.3. The number of amides is 2. The molecule has 3 aromatic rings. The maximum atomic E-state index is 14.0. The molecule has 3 aromatic carbocycles. The zero-order valence-electron chi connectivity index (χ0n) is 23.0. The molecule has 0 spiro atoms. The average molecular weight is 567 g/mol. The predicted molar refractivity (Wildman–Crippen MR) is 153 cm³/mol. The lowest BCUT2D eigenvalue weighted by atomic mass is 10.1. The van der Waals surface area contributed by atoms with Gasteiger partial charge in [0.2, 0.25) is 11.8 Å². The van der Waals surface area contributed by atoms with Gasteiger partial charge in [-0.15, -0.1) is 0 Å². The van der Waals surface area contributed by atoms with E-state index in [0.29, 0.717) is 6.42 Å². The number of nitrogens with one attached hydrogen (secondary N) is 1. The van der Waals surface area contributed by atoms with E-state index in [9.17, 15) is 28.1 Å². The van der Waals surface area contributed by atoms with Gasteiger partial charge in [-0.25, -0.2) is 8.42 Å². The van der Waals surface area contributed by atoms with E-state index in [2.05, 4.69) is 5.32 Å². The van der Waals surface area contributed by atoms with Crippen molar-refractivity contribution in [1.29, 1.82) is 0 Å². The van der Waals surface area contributed by atoms with Crippen molar-refractivity contribution in [2.45, 2.75) is 57.6 Å². The zero-order chi connectivity index (χ0) is 29.4. The number of aryl methyl sites for hydroxylation is 1. The number of benzene rings is 3. The van der Waals surface area contributed by atoms with E-state index < -0.39 is 33.4 Å². The lowest BCUT2D eigenvalue weighted by Gasteiger charge is -2.33. The van der Waals surface area contributed by atoms with Crippen molar-refractivity contribution in [1.82, 2.24) is 10.2 Å². The van der Waals surface area contributed by atoms with Gasteiger partial charge in [-0.05, 0) is 57.0 Å². The standard InChI is InChI=1S/C29H34N4O6S/c1-5-27(29(35)30-21(2)3)31(19-23-13-11-22(4)12-14-23)28(34)20-32(24-15-17-25(18-16-24)33(36)37)40(38,39)26-9-7-6-8-10-26/h6-18,21,27H,5,19-20H2,1-4H3,(H,30,35). The highest BCUT2D eigenvalue weighted by Gasteiger charge is 2.34. The SMILES string of the molecule is CCC(C(=O)NC(C)C)N(Cc1ccc(C)cc1)C(=O)CN(c1ccc([N+](=O)[O-])cc1)S(=O)(=O)c1ccccc1. The Labute approximate surface area is 234 Å². The first-order chi connectivity index (χ1) is 18.9. The largest absolute Gasteiger partial charge is 0.352 e. The molecule has 0 fully saturated rings. The molecule has 3 rings (SSSR count). The molecule has 1 unspecified atom stereocenters. The van der Waals surface area contributed by atoms with E-state index in [1.807, 2.05) is 45.0 Å².